The van der Waals surface area contributed by atoms with Gasteiger partial charge in [-0.15, -0.1) is 0 Å². The molecule has 0 saturated carbocycles. The molecule has 0 aliphatic rings. The molecule has 2 aromatic rings. The quantitative estimate of drug-likeness (QED) is 0.444. The summed E-state index contributed by atoms with van der Waals surface area (Å²) < 4.78 is 5.10. The molecule has 0 saturated heterocycles. The fourth-order valence-electron chi connectivity index (χ4n) is 1.95. The van der Waals surface area contributed by atoms with Gasteiger partial charge in [0, 0.05) is 28.9 Å². The van der Waals surface area contributed by atoms with Crippen LogP contribution < -0.4 is 10.1 Å². The van der Waals surface area contributed by atoms with Crippen molar-refractivity contribution in [2.24, 2.45) is 0 Å². The van der Waals surface area contributed by atoms with Crippen molar-refractivity contribution >= 4 is 23.4 Å². The first-order chi connectivity index (χ1) is 10.7. The maximum absolute atomic E-state index is 11.0. The number of nitrogens with one attached hydrogen (secondary N) is 1. The monoisotopic (exact) mass is 315 g/mol. The molecular weight excluding hydrogens is 294 g/mol. The van der Waals surface area contributed by atoms with Crippen molar-refractivity contribution in [3.8, 4) is 5.75 Å². The number of esters is 1. The van der Waals surface area contributed by atoms with Crippen LogP contribution in [0.2, 0.25) is 0 Å². The van der Waals surface area contributed by atoms with Gasteiger partial charge in [-0.3, -0.25) is 4.79 Å². The molecular formula is C18H21NO2S. The molecule has 0 atom stereocenters. The highest BCUT2D eigenvalue weighted by molar-refractivity contribution is 7.99. The highest BCUT2D eigenvalue weighted by Gasteiger charge is 2.02. The van der Waals surface area contributed by atoms with Gasteiger partial charge >= 0.3 is 5.97 Å². The molecule has 1 N–H and O–H groups in total. The Kier molecular flexibility index (Phi) is 6.34. The van der Waals surface area contributed by atoms with E-state index < -0.39 is 0 Å². The summed E-state index contributed by atoms with van der Waals surface area (Å²) in [7, 11) is 0. The molecule has 3 nitrogen and oxygen atoms in total. The second-order valence-corrected chi connectivity index (χ2v) is 6.12. The Morgan fingerprint density at radius 2 is 1.91 bits per heavy atom. The molecule has 2 rings (SSSR count). The van der Waals surface area contributed by atoms with Gasteiger partial charge in [0.1, 0.15) is 5.75 Å². The van der Waals surface area contributed by atoms with Crippen molar-refractivity contribution in [3.63, 3.8) is 0 Å². The summed E-state index contributed by atoms with van der Waals surface area (Å²) in [5.74, 6) is 0.278. The highest BCUT2D eigenvalue weighted by Crippen LogP contribution is 2.30. The Hall–Kier alpha value is -1.94. The summed E-state index contributed by atoms with van der Waals surface area (Å²) in [6, 6.07) is 15.9. The number of ether oxygens (including phenoxy) is 1. The van der Waals surface area contributed by atoms with E-state index >= 15 is 0 Å². The zero-order chi connectivity index (χ0) is 15.8. The van der Waals surface area contributed by atoms with Crippen LogP contribution in [-0.2, 0) is 4.79 Å². The second kappa shape index (κ2) is 8.49. The lowest BCUT2D eigenvalue weighted by molar-refractivity contribution is -0.131. The first-order valence-electron chi connectivity index (χ1n) is 7.47. The van der Waals surface area contributed by atoms with Crippen LogP contribution in [0.4, 0.5) is 5.69 Å². The number of anilines is 1. The average molecular weight is 315 g/mol. The van der Waals surface area contributed by atoms with Crippen molar-refractivity contribution in [3.05, 3.63) is 48.5 Å². The van der Waals surface area contributed by atoms with E-state index in [9.17, 15) is 4.79 Å². The zero-order valence-electron chi connectivity index (χ0n) is 13.0. The van der Waals surface area contributed by atoms with Crippen LogP contribution >= 0.6 is 11.8 Å². The van der Waals surface area contributed by atoms with E-state index in [1.54, 1.807) is 17.8 Å². The van der Waals surface area contributed by atoms with Gasteiger partial charge in [-0.25, -0.2) is 0 Å². The lowest BCUT2D eigenvalue weighted by Crippen LogP contribution is -2.01. The van der Waals surface area contributed by atoms with E-state index in [0.29, 0.717) is 5.75 Å². The van der Waals surface area contributed by atoms with Gasteiger partial charge in [0.15, 0.2) is 0 Å². The molecule has 22 heavy (non-hydrogen) atoms. The van der Waals surface area contributed by atoms with Crippen LogP contribution in [0.5, 0.6) is 5.75 Å². The number of unbranched alkanes of at least 4 members (excludes halogenated alkanes) is 1. The first-order valence-corrected chi connectivity index (χ1v) is 8.29. The molecule has 0 aliphatic carbocycles. The SMILES string of the molecule is CCCCNc1ccc(Sc2cccc(OC(C)=O)c2)cc1. The lowest BCUT2D eigenvalue weighted by Gasteiger charge is -2.07. The Morgan fingerprint density at radius 1 is 1.14 bits per heavy atom. The molecule has 4 heteroatoms. The van der Waals surface area contributed by atoms with Crippen LogP contribution in [-0.4, -0.2) is 12.5 Å². The van der Waals surface area contributed by atoms with Crippen LogP contribution in [0.15, 0.2) is 58.3 Å². The number of hydrogen-bond donors (Lipinski definition) is 1. The minimum atomic E-state index is -0.301. The molecule has 0 aliphatic heterocycles. The largest absolute Gasteiger partial charge is 0.427 e. The average Bonchev–Trinajstić information content (AvgIpc) is 2.49. The van der Waals surface area contributed by atoms with Gasteiger partial charge in [-0.1, -0.05) is 31.2 Å². The van der Waals surface area contributed by atoms with Crippen LogP contribution in [0, 0.1) is 0 Å². The standard InChI is InChI=1S/C18H21NO2S/c1-3-4-12-19-15-8-10-17(11-9-15)22-18-7-5-6-16(13-18)21-14(2)20/h5-11,13,19H,3-4,12H2,1-2H3. The molecule has 2 aromatic carbocycles. The van der Waals surface area contributed by atoms with Crippen molar-refractivity contribution in [2.45, 2.75) is 36.5 Å². The Labute approximate surface area is 136 Å². The van der Waals surface area contributed by atoms with Gasteiger partial charge in [0.25, 0.3) is 0 Å². The summed E-state index contributed by atoms with van der Waals surface area (Å²) >= 11 is 1.65. The van der Waals surface area contributed by atoms with Crippen LogP contribution in [0.3, 0.4) is 0 Å². The Morgan fingerprint density at radius 3 is 2.59 bits per heavy atom. The molecule has 0 bridgehead atoms. The fourth-order valence-corrected chi connectivity index (χ4v) is 2.82. The minimum absolute atomic E-state index is 0.301. The highest BCUT2D eigenvalue weighted by atomic mass is 32.2. The third-order valence-corrected chi connectivity index (χ3v) is 4.01. The third-order valence-electron chi connectivity index (χ3n) is 3.02. The smallest absolute Gasteiger partial charge is 0.308 e. The predicted octanol–water partition coefficient (Wildman–Crippen LogP) is 4.98. The molecule has 0 unspecified atom stereocenters. The third kappa shape index (κ3) is 5.45. The van der Waals surface area contributed by atoms with Gasteiger partial charge < -0.3 is 10.1 Å². The zero-order valence-corrected chi connectivity index (χ0v) is 13.8. The van der Waals surface area contributed by atoms with Gasteiger partial charge in [-0.2, -0.15) is 0 Å². The molecule has 0 radical (unpaired) electrons. The van der Waals surface area contributed by atoms with Crippen molar-refractivity contribution in [1.29, 1.82) is 0 Å². The van der Waals surface area contributed by atoms with E-state index in [-0.39, 0.29) is 5.97 Å². The number of benzene rings is 2. The number of rotatable bonds is 7. The van der Waals surface area contributed by atoms with Crippen molar-refractivity contribution in [2.75, 3.05) is 11.9 Å². The number of hydrogen-bond acceptors (Lipinski definition) is 4. The van der Waals surface area contributed by atoms with Crippen molar-refractivity contribution < 1.29 is 9.53 Å². The summed E-state index contributed by atoms with van der Waals surface area (Å²) in [5.41, 5.74) is 1.14. The van der Waals surface area contributed by atoms with Gasteiger partial charge in [0.2, 0.25) is 0 Å². The summed E-state index contributed by atoms with van der Waals surface area (Å²) in [4.78, 5) is 13.2. The van der Waals surface area contributed by atoms with Gasteiger partial charge in [-0.05, 0) is 48.9 Å². The molecule has 0 spiro atoms. The normalized spacial score (nSPS) is 10.3. The molecule has 0 heterocycles. The first kappa shape index (κ1) is 16.4. The van der Waals surface area contributed by atoms with Crippen molar-refractivity contribution in [1.82, 2.24) is 0 Å². The maximum Gasteiger partial charge on any atom is 0.308 e. The maximum atomic E-state index is 11.0. The van der Waals surface area contributed by atoms with Gasteiger partial charge in [0.05, 0.1) is 0 Å². The fraction of sp³-hybridized carbons (Fsp3) is 0.278. The predicted molar refractivity (Wildman–Crippen MR) is 91.7 cm³/mol. The van der Waals surface area contributed by atoms with Crippen LogP contribution in [0.1, 0.15) is 26.7 Å². The Balaban J connectivity index is 1.97. The Bertz CT molecular complexity index is 611. The number of carbonyl (C=O) groups excluding carboxylic acids is 1. The van der Waals surface area contributed by atoms with E-state index in [4.69, 9.17) is 4.74 Å². The topological polar surface area (TPSA) is 38.3 Å². The molecule has 0 fully saturated rings. The second-order valence-electron chi connectivity index (χ2n) is 4.98. The molecule has 116 valence electrons. The van der Waals surface area contributed by atoms with E-state index in [1.807, 2.05) is 18.2 Å². The lowest BCUT2D eigenvalue weighted by atomic mass is 10.3. The van der Waals surface area contributed by atoms with E-state index in [1.165, 1.54) is 19.8 Å². The van der Waals surface area contributed by atoms with E-state index in [2.05, 4.69) is 36.5 Å². The molecule has 0 amide bonds. The number of carbonyl (C=O) groups is 1. The van der Waals surface area contributed by atoms with Crippen LogP contribution in [0.25, 0.3) is 0 Å². The van der Waals surface area contributed by atoms with E-state index in [0.717, 1.165) is 22.0 Å². The minimum Gasteiger partial charge on any atom is -0.427 e. The summed E-state index contributed by atoms with van der Waals surface area (Å²) in [6.45, 7) is 4.60. The molecule has 0 aromatic heterocycles. The summed E-state index contributed by atoms with van der Waals surface area (Å²) in [5, 5.41) is 3.40. The summed E-state index contributed by atoms with van der Waals surface area (Å²) in [6.07, 6.45) is 2.37.